The van der Waals surface area contributed by atoms with Crippen molar-refractivity contribution in [1.29, 1.82) is 0 Å². The van der Waals surface area contributed by atoms with Gasteiger partial charge in [0.25, 0.3) is 0 Å². The van der Waals surface area contributed by atoms with Crippen molar-refractivity contribution in [3.8, 4) is 0 Å². The Kier molecular flexibility index (Phi) is 5.50. The number of rotatable bonds is 8. The van der Waals surface area contributed by atoms with Gasteiger partial charge in [-0.3, -0.25) is 0 Å². The number of nitrogens with one attached hydrogen (secondary N) is 1. The van der Waals surface area contributed by atoms with Crippen LogP contribution in [-0.4, -0.2) is 21.0 Å². The van der Waals surface area contributed by atoms with E-state index < -0.39 is 19.2 Å². The average molecular weight is 370 g/mol. The van der Waals surface area contributed by atoms with Crippen LogP contribution in [0.3, 0.4) is 0 Å². The van der Waals surface area contributed by atoms with Crippen molar-refractivity contribution >= 4 is 24.9 Å². The normalized spacial score (nSPS) is 14.1. The number of aliphatic carboxylic acids is 1. The van der Waals surface area contributed by atoms with E-state index in [0.717, 1.165) is 23.7 Å². The molecule has 2 aromatic carbocycles. The van der Waals surface area contributed by atoms with Crippen molar-refractivity contribution in [2.24, 2.45) is 0 Å². The summed E-state index contributed by atoms with van der Waals surface area (Å²) in [5.41, 5.74) is 2.63. The topological polar surface area (TPSA) is 90.4 Å². The van der Waals surface area contributed by atoms with Crippen LogP contribution in [0.15, 0.2) is 60.8 Å². The Hall–Kier alpha value is -2.49. The van der Waals surface area contributed by atoms with E-state index in [9.17, 15) is 19.4 Å². The summed E-state index contributed by atoms with van der Waals surface area (Å²) in [6, 6.07) is 16.4. The molecule has 3 rings (SSSR count). The molecule has 2 atom stereocenters. The van der Waals surface area contributed by atoms with Gasteiger partial charge in [-0.15, -0.1) is 0 Å². The smallest absolute Gasteiger partial charge is 0.477 e. The number of benzene rings is 2. The molecule has 1 aromatic heterocycles. The van der Waals surface area contributed by atoms with Gasteiger partial charge in [-0.1, -0.05) is 48.5 Å². The van der Waals surface area contributed by atoms with E-state index in [1.165, 1.54) is 5.56 Å². The maximum absolute atomic E-state index is 12.0. The third-order valence-electron chi connectivity index (χ3n) is 4.84. The molecule has 1 heterocycles. The Morgan fingerprint density at radius 3 is 2.42 bits per heavy atom. The summed E-state index contributed by atoms with van der Waals surface area (Å²) in [6.07, 6.45) is 4.17. The van der Waals surface area contributed by atoms with Crippen LogP contribution in [0.1, 0.15) is 30.4 Å². The molecule has 0 amide bonds. The predicted molar refractivity (Wildman–Crippen MR) is 101 cm³/mol. The van der Waals surface area contributed by atoms with Crippen LogP contribution in [-0.2, 0) is 20.9 Å². The molecule has 5 nitrogen and oxygen atoms in total. The van der Waals surface area contributed by atoms with Crippen molar-refractivity contribution in [2.75, 3.05) is 0 Å². The van der Waals surface area contributed by atoms with Gasteiger partial charge in [0.1, 0.15) is 0 Å². The lowest BCUT2D eigenvalue weighted by molar-refractivity contribution is -0.140. The highest BCUT2D eigenvalue weighted by Crippen LogP contribution is 2.48. The van der Waals surface area contributed by atoms with Crippen LogP contribution < -0.4 is 0 Å². The standard InChI is InChI=1S/C20H20NO4P/c22-19(23)20(26(24)25,16-9-2-1-3-10-16)13-7-6-8-15-14-21-18-12-5-4-11-17(15)18/h1-5,9-12,14,21H,6-8,13H2,(H-,22,23,24,25)/p+1. The van der Waals surface area contributed by atoms with E-state index in [0.29, 0.717) is 12.0 Å². The average Bonchev–Trinajstić information content (AvgIpc) is 3.05. The molecule has 134 valence electrons. The first kappa shape index (κ1) is 18.3. The highest BCUT2D eigenvalue weighted by Gasteiger charge is 2.57. The molecule has 0 radical (unpaired) electrons. The van der Waals surface area contributed by atoms with Crippen LogP contribution in [0.2, 0.25) is 0 Å². The maximum Gasteiger partial charge on any atom is 0.528 e. The number of carboxylic acids is 1. The molecule has 2 unspecified atom stereocenters. The highest BCUT2D eigenvalue weighted by atomic mass is 31.1. The second-order valence-electron chi connectivity index (χ2n) is 6.37. The minimum atomic E-state index is -2.91. The summed E-state index contributed by atoms with van der Waals surface area (Å²) in [5.74, 6) is -1.25. The number of hydrogen-bond acceptors (Lipinski definition) is 2. The van der Waals surface area contributed by atoms with Crippen LogP contribution in [0.25, 0.3) is 10.9 Å². The molecule has 0 aliphatic heterocycles. The van der Waals surface area contributed by atoms with E-state index in [4.69, 9.17) is 0 Å². The maximum atomic E-state index is 12.0. The largest absolute Gasteiger partial charge is 0.528 e. The number of unbranched alkanes of at least 4 members (excludes halogenated alkanes) is 1. The first-order valence-corrected chi connectivity index (χ1v) is 9.77. The summed E-state index contributed by atoms with van der Waals surface area (Å²) in [4.78, 5) is 25.0. The quantitative estimate of drug-likeness (QED) is 0.399. The molecule has 0 spiro atoms. The summed E-state index contributed by atoms with van der Waals surface area (Å²) < 4.78 is 12.0. The van der Waals surface area contributed by atoms with Gasteiger partial charge in [-0.2, -0.15) is 4.89 Å². The number of carboxylic acid groups (broad SMARTS) is 1. The second-order valence-corrected chi connectivity index (χ2v) is 7.68. The summed E-state index contributed by atoms with van der Waals surface area (Å²) in [5, 5.41) is 9.13. The van der Waals surface area contributed by atoms with Crippen molar-refractivity contribution in [3.05, 3.63) is 71.9 Å². The first-order chi connectivity index (χ1) is 12.6. The van der Waals surface area contributed by atoms with Crippen LogP contribution in [0, 0.1) is 0 Å². The lowest BCUT2D eigenvalue weighted by Crippen LogP contribution is -2.32. The van der Waals surface area contributed by atoms with Gasteiger partial charge in [0, 0.05) is 29.1 Å². The second kappa shape index (κ2) is 7.81. The molecule has 0 aliphatic carbocycles. The SMILES string of the molecule is O=C(O)C(CCCCc1c[nH]c2ccccc12)(c1ccccc1)[P+](=O)O. The number of aromatic nitrogens is 1. The Morgan fingerprint density at radius 1 is 1.04 bits per heavy atom. The van der Waals surface area contributed by atoms with Gasteiger partial charge >= 0.3 is 19.2 Å². The van der Waals surface area contributed by atoms with Crippen molar-refractivity contribution in [3.63, 3.8) is 0 Å². The van der Waals surface area contributed by atoms with E-state index in [1.54, 1.807) is 30.3 Å². The van der Waals surface area contributed by atoms with Gasteiger partial charge in [0.2, 0.25) is 0 Å². The third-order valence-corrected chi connectivity index (χ3v) is 6.17. The lowest BCUT2D eigenvalue weighted by Gasteiger charge is -2.17. The number of hydrogen-bond donors (Lipinski definition) is 3. The summed E-state index contributed by atoms with van der Waals surface area (Å²) in [7, 11) is -2.91. The van der Waals surface area contributed by atoms with Gasteiger partial charge in [0.05, 0.1) is 0 Å². The number of carbonyl (C=O) groups is 1. The molecule has 0 saturated heterocycles. The van der Waals surface area contributed by atoms with Crippen LogP contribution in [0.4, 0.5) is 0 Å². The minimum absolute atomic E-state index is 0.125. The number of para-hydroxylation sites is 1. The number of aromatic amines is 1. The predicted octanol–water partition coefficient (Wildman–Crippen LogP) is 4.60. The van der Waals surface area contributed by atoms with E-state index in [2.05, 4.69) is 11.1 Å². The monoisotopic (exact) mass is 370 g/mol. The zero-order valence-electron chi connectivity index (χ0n) is 14.3. The summed E-state index contributed by atoms with van der Waals surface area (Å²) >= 11 is 0. The molecule has 0 saturated carbocycles. The molecule has 6 heteroatoms. The molecule has 0 bridgehead atoms. The fourth-order valence-electron chi connectivity index (χ4n) is 3.41. The van der Waals surface area contributed by atoms with Crippen LogP contribution in [0.5, 0.6) is 0 Å². The van der Waals surface area contributed by atoms with Crippen molar-refractivity contribution < 1.29 is 19.4 Å². The Labute approximate surface area is 152 Å². The van der Waals surface area contributed by atoms with Gasteiger partial charge < -0.3 is 10.1 Å². The van der Waals surface area contributed by atoms with Crippen molar-refractivity contribution in [2.45, 2.75) is 30.8 Å². The number of aryl methyl sites for hydroxylation is 1. The minimum Gasteiger partial charge on any atom is -0.477 e. The lowest BCUT2D eigenvalue weighted by atomic mass is 9.91. The summed E-state index contributed by atoms with van der Waals surface area (Å²) in [6.45, 7) is 0. The highest BCUT2D eigenvalue weighted by molar-refractivity contribution is 7.41. The molecule has 26 heavy (non-hydrogen) atoms. The zero-order chi connectivity index (χ0) is 18.6. The fourth-order valence-corrected chi connectivity index (χ4v) is 4.29. The van der Waals surface area contributed by atoms with Crippen LogP contribution >= 0.6 is 8.03 Å². The van der Waals surface area contributed by atoms with Gasteiger partial charge in [-0.25, -0.2) is 4.79 Å². The molecule has 0 fully saturated rings. The third kappa shape index (κ3) is 3.41. The number of H-pyrrole nitrogens is 1. The Balaban J connectivity index is 1.72. The van der Waals surface area contributed by atoms with E-state index in [-0.39, 0.29) is 6.42 Å². The molecule has 3 N–H and O–H groups in total. The Bertz CT molecular complexity index is 906. The first-order valence-electron chi connectivity index (χ1n) is 8.56. The Morgan fingerprint density at radius 2 is 1.73 bits per heavy atom. The van der Waals surface area contributed by atoms with E-state index >= 15 is 0 Å². The van der Waals surface area contributed by atoms with E-state index in [1.807, 2.05) is 24.4 Å². The molecule has 3 aromatic rings. The van der Waals surface area contributed by atoms with Gasteiger partial charge in [-0.05, 0) is 35.5 Å². The van der Waals surface area contributed by atoms with Crippen molar-refractivity contribution in [1.82, 2.24) is 4.98 Å². The molecular weight excluding hydrogens is 349 g/mol. The van der Waals surface area contributed by atoms with Gasteiger partial charge in [0.15, 0.2) is 0 Å². The number of fused-ring (bicyclic) bond motifs is 1. The molecular formula is C20H21NO4P+. The fraction of sp³-hybridized carbons (Fsp3) is 0.250. The zero-order valence-corrected chi connectivity index (χ0v) is 15.2. The molecule has 0 aliphatic rings.